The van der Waals surface area contributed by atoms with Crippen molar-refractivity contribution in [2.75, 3.05) is 13.2 Å². The van der Waals surface area contributed by atoms with E-state index in [1.165, 1.54) is 51.4 Å². The van der Waals surface area contributed by atoms with Crippen molar-refractivity contribution in [1.29, 1.82) is 0 Å². The first kappa shape index (κ1) is 58.3. The Morgan fingerprint density at radius 1 is 0.339 bits per heavy atom. The van der Waals surface area contributed by atoms with Crippen LogP contribution >= 0.6 is 0 Å². The third-order valence-electron chi connectivity index (χ3n) is 10.3. The zero-order valence-electron chi connectivity index (χ0n) is 40.1. The van der Waals surface area contributed by atoms with Crippen LogP contribution < -0.4 is 0 Å². The Kier molecular flexibility index (Phi) is 47.0. The normalized spacial score (nSPS) is 12.9. The highest BCUT2D eigenvalue weighted by Gasteiger charge is 2.19. The van der Waals surface area contributed by atoms with Gasteiger partial charge in [0.1, 0.15) is 13.2 Å². The van der Waals surface area contributed by atoms with Crippen molar-refractivity contribution in [3.8, 4) is 0 Å². The van der Waals surface area contributed by atoms with Crippen LogP contribution in [-0.4, -0.2) is 37.2 Å². The van der Waals surface area contributed by atoms with Crippen molar-refractivity contribution in [3.63, 3.8) is 0 Å². The van der Waals surface area contributed by atoms with Gasteiger partial charge in [-0.3, -0.25) is 14.4 Å². The van der Waals surface area contributed by atoms with Crippen LogP contribution in [0, 0.1) is 0 Å². The Morgan fingerprint density at radius 2 is 0.661 bits per heavy atom. The third kappa shape index (κ3) is 47.4. The first-order chi connectivity index (χ1) is 30.5. The van der Waals surface area contributed by atoms with Crippen molar-refractivity contribution >= 4 is 17.9 Å². The van der Waals surface area contributed by atoms with Crippen molar-refractivity contribution in [1.82, 2.24) is 0 Å². The predicted molar refractivity (Wildman–Crippen MR) is 265 cm³/mol. The summed E-state index contributed by atoms with van der Waals surface area (Å²) in [5.41, 5.74) is 0. The molecule has 0 saturated carbocycles. The lowest BCUT2D eigenvalue weighted by Crippen LogP contribution is -2.30. The van der Waals surface area contributed by atoms with Crippen LogP contribution in [0.2, 0.25) is 0 Å². The number of carbonyl (C=O) groups is 3. The maximum absolute atomic E-state index is 12.8. The van der Waals surface area contributed by atoms with Gasteiger partial charge in [-0.15, -0.1) is 0 Å². The second-order valence-corrected chi connectivity index (χ2v) is 16.3. The second-order valence-electron chi connectivity index (χ2n) is 16.3. The number of rotatable bonds is 44. The van der Waals surface area contributed by atoms with Gasteiger partial charge in [0.05, 0.1) is 0 Å². The van der Waals surface area contributed by atoms with Crippen LogP contribution in [-0.2, 0) is 28.6 Å². The minimum Gasteiger partial charge on any atom is -0.462 e. The van der Waals surface area contributed by atoms with Gasteiger partial charge in [-0.25, -0.2) is 0 Å². The molecule has 0 aromatic carbocycles. The van der Waals surface area contributed by atoms with Gasteiger partial charge in [-0.05, 0) is 96.3 Å². The standard InChI is InChI=1S/C56H92O6/c1-4-7-10-13-16-19-22-24-25-26-27-28-29-30-31-33-34-37-40-43-46-49-55(58)61-52-53(51-60-54(57)48-45-42-39-36-21-18-15-12-9-6-3)62-56(59)50-47-44-41-38-35-32-23-20-17-14-11-8-5-2/h7,10-11,14,16,19-20,23-25,27-28,30-31,34,37,53H,4-6,8-9,12-13,15,17-18,21-22,26,29,32-33,35-36,38-52H2,1-3H3/b10-7-,14-11-,19-16-,23-20-,25-24-,28-27-,31-30-,37-34-. The zero-order valence-corrected chi connectivity index (χ0v) is 40.1. The maximum atomic E-state index is 12.8. The van der Waals surface area contributed by atoms with E-state index in [4.69, 9.17) is 14.2 Å². The number of hydrogen-bond donors (Lipinski definition) is 0. The largest absolute Gasteiger partial charge is 0.462 e. The molecular formula is C56H92O6. The average Bonchev–Trinajstić information content (AvgIpc) is 3.27. The van der Waals surface area contributed by atoms with Crippen molar-refractivity contribution in [3.05, 3.63) is 97.2 Å². The molecule has 0 aromatic rings. The summed E-state index contributed by atoms with van der Waals surface area (Å²) in [5, 5.41) is 0. The molecule has 352 valence electrons. The summed E-state index contributed by atoms with van der Waals surface area (Å²) in [6.45, 7) is 6.38. The van der Waals surface area contributed by atoms with Crippen molar-refractivity contribution < 1.29 is 28.6 Å². The van der Waals surface area contributed by atoms with E-state index in [0.29, 0.717) is 19.3 Å². The summed E-state index contributed by atoms with van der Waals surface area (Å²) in [6.07, 6.45) is 65.3. The number of hydrogen-bond acceptors (Lipinski definition) is 6. The summed E-state index contributed by atoms with van der Waals surface area (Å²) >= 11 is 0. The molecule has 62 heavy (non-hydrogen) atoms. The molecule has 0 amide bonds. The van der Waals surface area contributed by atoms with E-state index in [1.54, 1.807) is 0 Å². The van der Waals surface area contributed by atoms with E-state index in [2.05, 4.69) is 118 Å². The van der Waals surface area contributed by atoms with Gasteiger partial charge in [0, 0.05) is 19.3 Å². The molecule has 1 atom stereocenters. The highest BCUT2D eigenvalue weighted by Crippen LogP contribution is 2.13. The van der Waals surface area contributed by atoms with E-state index < -0.39 is 6.10 Å². The van der Waals surface area contributed by atoms with Gasteiger partial charge in [0.15, 0.2) is 6.10 Å². The lowest BCUT2D eigenvalue weighted by molar-refractivity contribution is -0.167. The Hall–Kier alpha value is -3.67. The predicted octanol–water partition coefficient (Wildman–Crippen LogP) is 16.6. The summed E-state index contributed by atoms with van der Waals surface area (Å²) < 4.78 is 16.7. The maximum Gasteiger partial charge on any atom is 0.306 e. The monoisotopic (exact) mass is 861 g/mol. The van der Waals surface area contributed by atoms with E-state index in [-0.39, 0.29) is 31.1 Å². The molecule has 0 radical (unpaired) electrons. The third-order valence-corrected chi connectivity index (χ3v) is 10.3. The van der Waals surface area contributed by atoms with E-state index in [1.807, 2.05) is 0 Å². The lowest BCUT2D eigenvalue weighted by atomic mass is 10.1. The van der Waals surface area contributed by atoms with Gasteiger partial charge in [-0.2, -0.15) is 0 Å². The van der Waals surface area contributed by atoms with E-state index >= 15 is 0 Å². The fourth-order valence-electron chi connectivity index (χ4n) is 6.54. The van der Waals surface area contributed by atoms with Gasteiger partial charge >= 0.3 is 17.9 Å². The molecule has 0 fully saturated rings. The minimum absolute atomic E-state index is 0.0970. The molecule has 0 aromatic heterocycles. The summed E-state index contributed by atoms with van der Waals surface area (Å²) in [6, 6.07) is 0. The first-order valence-electron chi connectivity index (χ1n) is 25.2. The Labute approximate surface area is 381 Å². The highest BCUT2D eigenvalue weighted by molar-refractivity contribution is 5.71. The quantitative estimate of drug-likeness (QED) is 0.0263. The smallest absolute Gasteiger partial charge is 0.306 e. The number of ether oxygens (including phenoxy) is 3. The molecule has 1 unspecified atom stereocenters. The van der Waals surface area contributed by atoms with Gasteiger partial charge in [-0.1, -0.05) is 201 Å². The Balaban J connectivity index is 4.44. The van der Waals surface area contributed by atoms with Crippen LogP contribution in [0.25, 0.3) is 0 Å². The summed E-state index contributed by atoms with van der Waals surface area (Å²) in [4.78, 5) is 37.9. The van der Waals surface area contributed by atoms with Crippen LogP contribution in [0.15, 0.2) is 97.2 Å². The average molecular weight is 861 g/mol. The van der Waals surface area contributed by atoms with Gasteiger partial charge in [0.2, 0.25) is 0 Å². The van der Waals surface area contributed by atoms with E-state index in [0.717, 1.165) is 128 Å². The molecule has 0 aliphatic rings. The Bertz CT molecular complexity index is 1260. The fourth-order valence-corrected chi connectivity index (χ4v) is 6.54. The van der Waals surface area contributed by atoms with Gasteiger partial charge in [0.25, 0.3) is 0 Å². The van der Waals surface area contributed by atoms with Crippen LogP contribution in [0.3, 0.4) is 0 Å². The lowest BCUT2D eigenvalue weighted by Gasteiger charge is -2.18. The molecule has 0 spiro atoms. The topological polar surface area (TPSA) is 78.9 Å². The Morgan fingerprint density at radius 3 is 1.08 bits per heavy atom. The molecule has 6 nitrogen and oxygen atoms in total. The zero-order chi connectivity index (χ0) is 45.1. The van der Waals surface area contributed by atoms with Crippen LogP contribution in [0.4, 0.5) is 0 Å². The summed E-state index contributed by atoms with van der Waals surface area (Å²) in [5.74, 6) is -0.963. The number of allylic oxidation sites excluding steroid dienone is 16. The molecule has 0 aliphatic carbocycles. The van der Waals surface area contributed by atoms with Crippen LogP contribution in [0.5, 0.6) is 0 Å². The first-order valence-corrected chi connectivity index (χ1v) is 25.2. The molecular weight excluding hydrogens is 769 g/mol. The molecule has 0 aliphatic heterocycles. The molecule has 0 heterocycles. The number of carbonyl (C=O) groups excluding carboxylic acids is 3. The van der Waals surface area contributed by atoms with E-state index in [9.17, 15) is 14.4 Å². The number of esters is 3. The highest BCUT2D eigenvalue weighted by atomic mass is 16.6. The SMILES string of the molecule is CC/C=C\C/C=C\C/C=C\C/C=C\C/C=C\C/C=C\CCCCC(=O)OCC(COC(=O)CCCCCCCCCCCC)OC(=O)CCCCCCC/C=C\C/C=C\CCC. The molecule has 6 heteroatoms. The van der Waals surface area contributed by atoms with Crippen molar-refractivity contribution in [2.45, 2.75) is 226 Å². The second kappa shape index (κ2) is 50.0. The summed E-state index contributed by atoms with van der Waals surface area (Å²) in [7, 11) is 0. The molecule has 0 N–H and O–H groups in total. The number of unbranched alkanes of at least 4 members (excludes halogenated alkanes) is 17. The van der Waals surface area contributed by atoms with Crippen LogP contribution in [0.1, 0.15) is 220 Å². The van der Waals surface area contributed by atoms with Gasteiger partial charge < -0.3 is 14.2 Å². The molecule has 0 bridgehead atoms. The fraction of sp³-hybridized carbons (Fsp3) is 0.661. The minimum atomic E-state index is -0.800. The molecule has 0 saturated heterocycles. The van der Waals surface area contributed by atoms with Crippen molar-refractivity contribution in [2.24, 2.45) is 0 Å². The molecule has 0 rings (SSSR count).